The molecule has 1 amide bonds. The van der Waals surface area contributed by atoms with Crippen molar-refractivity contribution >= 4 is 34.6 Å². The van der Waals surface area contributed by atoms with Crippen LogP contribution in [0.1, 0.15) is 36.1 Å². The number of anilines is 2. The van der Waals surface area contributed by atoms with E-state index in [1.807, 2.05) is 36.4 Å². The van der Waals surface area contributed by atoms with Gasteiger partial charge in [0.1, 0.15) is 11.8 Å². The number of nitrogens with zero attached hydrogens (tertiary/aromatic N) is 3. The largest absolute Gasteiger partial charge is 0.495 e. The van der Waals surface area contributed by atoms with Crippen molar-refractivity contribution in [3.05, 3.63) is 71.8 Å². The Morgan fingerprint density at radius 2 is 2.03 bits per heavy atom. The highest BCUT2D eigenvalue weighted by molar-refractivity contribution is 7.80. The van der Waals surface area contributed by atoms with Crippen LogP contribution in [0.4, 0.5) is 11.4 Å². The minimum absolute atomic E-state index is 0.125. The summed E-state index contributed by atoms with van der Waals surface area (Å²) in [6, 6.07) is 15.5. The molecule has 1 fully saturated rings. The van der Waals surface area contributed by atoms with Crippen LogP contribution in [-0.2, 0) is 11.8 Å². The fraction of sp³-hybridized carbons (Fsp3) is 0.261. The van der Waals surface area contributed by atoms with Crippen LogP contribution in [0.15, 0.2) is 54.7 Å². The van der Waals surface area contributed by atoms with Gasteiger partial charge in [-0.3, -0.25) is 9.78 Å². The maximum Gasteiger partial charge on any atom is 0.221 e. The Labute approximate surface area is 187 Å². The van der Waals surface area contributed by atoms with E-state index in [1.54, 1.807) is 13.3 Å². The summed E-state index contributed by atoms with van der Waals surface area (Å²) in [5, 5.41) is 6.90. The molecule has 0 radical (unpaired) electrons. The number of hydrogen-bond donors (Lipinski definition) is 2. The van der Waals surface area contributed by atoms with E-state index in [4.69, 9.17) is 17.0 Å². The van der Waals surface area contributed by atoms with Gasteiger partial charge in [0.25, 0.3) is 0 Å². The monoisotopic (exact) mass is 435 g/mol. The zero-order chi connectivity index (χ0) is 22.1. The lowest BCUT2D eigenvalue weighted by atomic mass is 10.0. The highest BCUT2D eigenvalue weighted by atomic mass is 32.1. The number of methoxy groups -OCH3 is 1. The number of aryl methyl sites for hydroxylation is 1. The van der Waals surface area contributed by atoms with Crippen LogP contribution in [0.2, 0.25) is 0 Å². The average molecular weight is 436 g/mol. The number of amides is 1. The van der Waals surface area contributed by atoms with E-state index in [1.165, 1.54) is 6.92 Å². The second-order valence-electron chi connectivity index (χ2n) is 7.52. The summed E-state index contributed by atoms with van der Waals surface area (Å²) in [7, 11) is 3.63. The predicted molar refractivity (Wildman–Crippen MR) is 125 cm³/mol. The summed E-state index contributed by atoms with van der Waals surface area (Å²) in [4.78, 5) is 18.4. The summed E-state index contributed by atoms with van der Waals surface area (Å²) in [5.74, 6) is 0.420. The summed E-state index contributed by atoms with van der Waals surface area (Å²) in [6.45, 7) is 3.55. The fourth-order valence-corrected chi connectivity index (χ4v) is 4.34. The van der Waals surface area contributed by atoms with Crippen LogP contribution >= 0.6 is 12.2 Å². The molecule has 1 aromatic carbocycles. The highest BCUT2D eigenvalue weighted by Gasteiger charge is 2.42. The Hall–Kier alpha value is -3.39. The lowest BCUT2D eigenvalue weighted by Gasteiger charge is -2.29. The molecule has 0 bridgehead atoms. The molecule has 0 spiro atoms. The first-order valence-electron chi connectivity index (χ1n) is 9.99. The number of aromatic nitrogens is 2. The number of benzene rings is 1. The maximum atomic E-state index is 11.7. The lowest BCUT2D eigenvalue weighted by Crippen LogP contribution is -2.30. The van der Waals surface area contributed by atoms with E-state index in [2.05, 4.69) is 51.2 Å². The predicted octanol–water partition coefficient (Wildman–Crippen LogP) is 3.87. The number of ether oxygens (including phenoxy) is 1. The molecule has 0 saturated carbocycles. The van der Waals surface area contributed by atoms with Gasteiger partial charge in [0.2, 0.25) is 5.91 Å². The van der Waals surface area contributed by atoms with Crippen LogP contribution in [0.3, 0.4) is 0 Å². The fourth-order valence-electron chi connectivity index (χ4n) is 4.00. The number of thiocarbonyl (C=S) groups is 1. The highest BCUT2D eigenvalue weighted by Crippen LogP contribution is 2.43. The van der Waals surface area contributed by atoms with Crippen molar-refractivity contribution in [2.24, 2.45) is 7.05 Å². The Bertz CT molecular complexity index is 1130. The van der Waals surface area contributed by atoms with E-state index in [-0.39, 0.29) is 18.0 Å². The van der Waals surface area contributed by atoms with Crippen LogP contribution < -0.4 is 20.3 Å². The van der Waals surface area contributed by atoms with Gasteiger partial charge in [0, 0.05) is 37.2 Å². The molecule has 2 atom stereocenters. The quantitative estimate of drug-likeness (QED) is 0.593. The first-order valence-corrected chi connectivity index (χ1v) is 10.4. The molecule has 7 nitrogen and oxygen atoms in total. The lowest BCUT2D eigenvalue weighted by molar-refractivity contribution is -0.114. The topological polar surface area (TPSA) is 71.4 Å². The molecule has 4 rings (SSSR count). The minimum Gasteiger partial charge on any atom is -0.495 e. The SMILES string of the molecule is COc1ccc(N2C(=S)NC(c3ccccn3)C2c2ccc(C)n2C)cc1NC(C)=O. The molecular weight excluding hydrogens is 410 g/mol. The standard InChI is InChI=1S/C23H25N5O2S/c1-14-8-10-19(27(14)3)22-21(17-7-5-6-12-24-17)26-23(31)28(22)16-9-11-20(30-4)18(13-16)25-15(2)29/h5-13,21-22H,1-4H3,(H,25,29)(H,26,31). The number of pyridine rings is 1. The van der Waals surface area contributed by atoms with Gasteiger partial charge >= 0.3 is 0 Å². The van der Waals surface area contributed by atoms with Crippen LogP contribution in [0.5, 0.6) is 5.75 Å². The molecule has 1 aliphatic heterocycles. The van der Waals surface area contributed by atoms with Crippen molar-refractivity contribution in [2.45, 2.75) is 25.9 Å². The van der Waals surface area contributed by atoms with Crippen LogP contribution in [-0.4, -0.2) is 27.7 Å². The zero-order valence-electron chi connectivity index (χ0n) is 17.9. The van der Waals surface area contributed by atoms with E-state index in [0.717, 1.165) is 22.8 Å². The molecule has 0 aliphatic carbocycles. The Morgan fingerprint density at radius 1 is 1.23 bits per heavy atom. The Morgan fingerprint density at radius 3 is 2.65 bits per heavy atom. The second kappa shape index (κ2) is 8.39. The molecular formula is C23H25N5O2S. The van der Waals surface area contributed by atoms with Crippen LogP contribution in [0, 0.1) is 6.92 Å². The van der Waals surface area contributed by atoms with Gasteiger partial charge in [0.15, 0.2) is 5.11 Å². The van der Waals surface area contributed by atoms with E-state index >= 15 is 0 Å². The van der Waals surface area contributed by atoms with Crippen molar-refractivity contribution in [2.75, 3.05) is 17.3 Å². The van der Waals surface area contributed by atoms with Gasteiger partial charge in [-0.25, -0.2) is 0 Å². The van der Waals surface area contributed by atoms with E-state index < -0.39 is 0 Å². The van der Waals surface area contributed by atoms with Gasteiger partial charge in [-0.15, -0.1) is 0 Å². The van der Waals surface area contributed by atoms with Gasteiger partial charge in [0.05, 0.1) is 24.5 Å². The van der Waals surface area contributed by atoms with Gasteiger partial charge in [-0.1, -0.05) is 6.07 Å². The first kappa shape index (κ1) is 20.9. The third-order valence-corrected chi connectivity index (χ3v) is 5.90. The van der Waals surface area contributed by atoms with Crippen molar-refractivity contribution in [1.82, 2.24) is 14.9 Å². The number of rotatable bonds is 5. The molecule has 3 heterocycles. The summed E-state index contributed by atoms with van der Waals surface area (Å²) in [6.07, 6.45) is 1.79. The van der Waals surface area contributed by atoms with Gasteiger partial charge in [-0.2, -0.15) is 0 Å². The number of hydrogen-bond acceptors (Lipinski definition) is 4. The summed E-state index contributed by atoms with van der Waals surface area (Å²) >= 11 is 5.78. The molecule has 1 aliphatic rings. The zero-order valence-corrected chi connectivity index (χ0v) is 18.7. The van der Waals surface area contributed by atoms with Crippen molar-refractivity contribution in [3.63, 3.8) is 0 Å². The number of carbonyl (C=O) groups excluding carboxylic acids is 1. The second-order valence-corrected chi connectivity index (χ2v) is 7.91. The van der Waals surface area contributed by atoms with E-state index in [0.29, 0.717) is 16.5 Å². The maximum absolute atomic E-state index is 11.7. The summed E-state index contributed by atoms with van der Waals surface area (Å²) < 4.78 is 7.59. The Kier molecular flexibility index (Phi) is 5.65. The molecule has 160 valence electrons. The molecule has 2 aromatic heterocycles. The summed E-state index contributed by atoms with van der Waals surface area (Å²) in [5.41, 5.74) is 4.62. The molecule has 1 saturated heterocycles. The Balaban J connectivity index is 1.84. The third kappa shape index (κ3) is 3.86. The number of carbonyl (C=O) groups is 1. The van der Waals surface area contributed by atoms with Crippen molar-refractivity contribution in [1.29, 1.82) is 0 Å². The normalized spacial score (nSPS) is 18.1. The molecule has 2 unspecified atom stereocenters. The average Bonchev–Trinajstić information content (AvgIpc) is 3.27. The molecule has 8 heteroatoms. The van der Waals surface area contributed by atoms with Gasteiger partial charge in [-0.05, 0) is 61.6 Å². The van der Waals surface area contributed by atoms with Crippen molar-refractivity contribution in [3.8, 4) is 5.75 Å². The third-order valence-electron chi connectivity index (χ3n) is 5.58. The van der Waals surface area contributed by atoms with Crippen LogP contribution in [0.25, 0.3) is 0 Å². The first-order chi connectivity index (χ1) is 14.9. The molecule has 2 N–H and O–H groups in total. The smallest absolute Gasteiger partial charge is 0.221 e. The van der Waals surface area contributed by atoms with Gasteiger partial charge < -0.3 is 24.8 Å². The molecule has 3 aromatic rings. The van der Waals surface area contributed by atoms with Crippen molar-refractivity contribution < 1.29 is 9.53 Å². The van der Waals surface area contributed by atoms with E-state index in [9.17, 15) is 4.79 Å². The number of nitrogens with one attached hydrogen (secondary N) is 2. The molecule has 31 heavy (non-hydrogen) atoms. The minimum atomic E-state index is -0.168.